The van der Waals surface area contributed by atoms with Gasteiger partial charge in [0, 0.05) is 5.56 Å². The van der Waals surface area contributed by atoms with Crippen LogP contribution in [0.5, 0.6) is 0 Å². The van der Waals surface area contributed by atoms with Crippen LogP contribution in [0.3, 0.4) is 0 Å². The molecule has 1 aromatic rings. The second-order valence-corrected chi connectivity index (χ2v) is 3.50. The highest BCUT2D eigenvalue weighted by Gasteiger charge is 1.98. The molecule has 0 bridgehead atoms. The number of oxime groups is 1. The number of rotatable bonds is 3. The van der Waals surface area contributed by atoms with E-state index >= 15 is 0 Å². The van der Waals surface area contributed by atoms with Gasteiger partial charge in [-0.15, -0.1) is 0 Å². The first kappa shape index (κ1) is 10.6. The summed E-state index contributed by atoms with van der Waals surface area (Å²) in [5, 5.41) is 3.82. The Hall–Kier alpha value is -1.51. The lowest BCUT2D eigenvalue weighted by Crippen LogP contribution is -2.14. The standard InChI is InChI=1S/C11H16N2O/c1-8(2)14-13-11(12)10-6-4-9(3)5-7-10/h4-8H,1-3H3,(H2,12,13). The Bertz CT molecular complexity index is 315. The molecule has 0 aliphatic carbocycles. The second-order valence-electron chi connectivity index (χ2n) is 3.50. The van der Waals surface area contributed by atoms with Crippen molar-refractivity contribution in [3.05, 3.63) is 35.4 Å². The van der Waals surface area contributed by atoms with Gasteiger partial charge in [0.15, 0.2) is 5.84 Å². The normalized spacial score (nSPS) is 11.9. The highest BCUT2D eigenvalue weighted by molar-refractivity contribution is 5.97. The lowest BCUT2D eigenvalue weighted by Gasteiger charge is -2.04. The summed E-state index contributed by atoms with van der Waals surface area (Å²) in [6, 6.07) is 7.84. The molecule has 0 saturated heterocycles. The first-order chi connectivity index (χ1) is 6.59. The molecular weight excluding hydrogens is 176 g/mol. The highest BCUT2D eigenvalue weighted by atomic mass is 16.6. The molecule has 0 atom stereocenters. The van der Waals surface area contributed by atoms with Crippen molar-refractivity contribution in [2.75, 3.05) is 0 Å². The van der Waals surface area contributed by atoms with E-state index in [-0.39, 0.29) is 6.10 Å². The summed E-state index contributed by atoms with van der Waals surface area (Å²) < 4.78 is 0. The SMILES string of the molecule is Cc1ccc(/C(N)=N/OC(C)C)cc1. The summed E-state index contributed by atoms with van der Waals surface area (Å²) in [5.41, 5.74) is 7.80. The van der Waals surface area contributed by atoms with Gasteiger partial charge < -0.3 is 10.6 Å². The minimum absolute atomic E-state index is 0.0546. The molecule has 0 saturated carbocycles. The number of nitrogens with two attached hydrogens (primary N) is 1. The van der Waals surface area contributed by atoms with Crippen LogP contribution >= 0.6 is 0 Å². The molecule has 0 amide bonds. The molecule has 3 nitrogen and oxygen atoms in total. The molecule has 1 aromatic carbocycles. The van der Waals surface area contributed by atoms with E-state index in [2.05, 4.69) is 5.16 Å². The average molecular weight is 192 g/mol. The van der Waals surface area contributed by atoms with Gasteiger partial charge in [-0.3, -0.25) is 0 Å². The third kappa shape index (κ3) is 3.09. The van der Waals surface area contributed by atoms with Crippen LogP contribution < -0.4 is 5.73 Å². The van der Waals surface area contributed by atoms with E-state index in [1.165, 1.54) is 5.56 Å². The largest absolute Gasteiger partial charge is 0.391 e. The van der Waals surface area contributed by atoms with Gasteiger partial charge >= 0.3 is 0 Å². The van der Waals surface area contributed by atoms with Crippen molar-refractivity contribution in [2.24, 2.45) is 10.9 Å². The fourth-order valence-corrected chi connectivity index (χ4v) is 0.939. The van der Waals surface area contributed by atoms with Gasteiger partial charge in [-0.1, -0.05) is 35.0 Å². The molecule has 76 valence electrons. The van der Waals surface area contributed by atoms with Crippen LogP contribution in [0.15, 0.2) is 29.4 Å². The smallest absolute Gasteiger partial charge is 0.170 e. The summed E-state index contributed by atoms with van der Waals surface area (Å²) in [6.07, 6.45) is 0.0546. The number of aryl methyl sites for hydroxylation is 1. The van der Waals surface area contributed by atoms with Crippen molar-refractivity contribution < 1.29 is 4.84 Å². The Kier molecular flexibility index (Phi) is 3.51. The van der Waals surface area contributed by atoms with E-state index in [9.17, 15) is 0 Å². The first-order valence-corrected chi connectivity index (χ1v) is 4.66. The van der Waals surface area contributed by atoms with E-state index < -0.39 is 0 Å². The van der Waals surface area contributed by atoms with E-state index in [4.69, 9.17) is 10.6 Å². The lowest BCUT2D eigenvalue weighted by atomic mass is 10.1. The van der Waals surface area contributed by atoms with Crippen molar-refractivity contribution >= 4 is 5.84 Å². The molecule has 3 heteroatoms. The van der Waals surface area contributed by atoms with E-state index in [0.717, 1.165) is 5.56 Å². The molecule has 0 aromatic heterocycles. The zero-order valence-corrected chi connectivity index (χ0v) is 8.82. The fourth-order valence-electron chi connectivity index (χ4n) is 0.939. The zero-order chi connectivity index (χ0) is 10.6. The highest BCUT2D eigenvalue weighted by Crippen LogP contribution is 2.03. The van der Waals surface area contributed by atoms with E-state index in [1.807, 2.05) is 45.0 Å². The number of hydrogen-bond acceptors (Lipinski definition) is 2. The first-order valence-electron chi connectivity index (χ1n) is 4.66. The van der Waals surface area contributed by atoms with Crippen molar-refractivity contribution in [1.29, 1.82) is 0 Å². The maximum Gasteiger partial charge on any atom is 0.170 e. The van der Waals surface area contributed by atoms with Gasteiger partial charge in [0.05, 0.1) is 0 Å². The van der Waals surface area contributed by atoms with E-state index in [1.54, 1.807) is 0 Å². The summed E-state index contributed by atoms with van der Waals surface area (Å²) >= 11 is 0. The number of hydrogen-bond donors (Lipinski definition) is 1. The van der Waals surface area contributed by atoms with Crippen LogP contribution in [0, 0.1) is 6.92 Å². The lowest BCUT2D eigenvalue weighted by molar-refractivity contribution is 0.0858. The molecule has 2 N–H and O–H groups in total. The molecule has 0 heterocycles. The number of amidine groups is 1. The van der Waals surface area contributed by atoms with Gasteiger partial charge in [0.1, 0.15) is 6.10 Å². The summed E-state index contributed by atoms with van der Waals surface area (Å²) in [7, 11) is 0. The minimum atomic E-state index is 0.0546. The molecule has 0 spiro atoms. The van der Waals surface area contributed by atoms with Gasteiger partial charge in [-0.05, 0) is 20.8 Å². The van der Waals surface area contributed by atoms with Gasteiger partial charge in [-0.2, -0.15) is 0 Å². The topological polar surface area (TPSA) is 47.6 Å². The Morgan fingerprint density at radius 2 is 1.86 bits per heavy atom. The zero-order valence-electron chi connectivity index (χ0n) is 8.82. The Morgan fingerprint density at radius 3 is 2.36 bits per heavy atom. The maximum atomic E-state index is 5.72. The summed E-state index contributed by atoms with van der Waals surface area (Å²) in [6.45, 7) is 5.85. The van der Waals surface area contributed by atoms with Gasteiger partial charge in [0.25, 0.3) is 0 Å². The monoisotopic (exact) mass is 192 g/mol. The Labute approximate surface area is 84.6 Å². The van der Waals surface area contributed by atoms with Crippen LogP contribution in [0.1, 0.15) is 25.0 Å². The predicted molar refractivity (Wildman–Crippen MR) is 58.1 cm³/mol. The molecule has 1 rings (SSSR count). The molecule has 0 aliphatic rings. The van der Waals surface area contributed by atoms with Gasteiger partial charge in [0.2, 0.25) is 0 Å². The molecule has 0 aliphatic heterocycles. The molecule has 0 unspecified atom stereocenters. The number of benzene rings is 1. The quantitative estimate of drug-likeness (QED) is 0.452. The third-order valence-corrected chi connectivity index (χ3v) is 1.71. The van der Waals surface area contributed by atoms with Crippen LogP contribution in [0.4, 0.5) is 0 Å². The summed E-state index contributed by atoms with van der Waals surface area (Å²) in [5.74, 6) is 0.415. The van der Waals surface area contributed by atoms with Crippen LogP contribution in [-0.4, -0.2) is 11.9 Å². The van der Waals surface area contributed by atoms with Crippen LogP contribution in [0.25, 0.3) is 0 Å². The predicted octanol–water partition coefficient (Wildman–Crippen LogP) is 2.04. The Balaban J connectivity index is 2.73. The van der Waals surface area contributed by atoms with E-state index in [0.29, 0.717) is 5.84 Å². The van der Waals surface area contributed by atoms with Crippen molar-refractivity contribution in [3.8, 4) is 0 Å². The van der Waals surface area contributed by atoms with Gasteiger partial charge in [-0.25, -0.2) is 0 Å². The Morgan fingerprint density at radius 1 is 1.29 bits per heavy atom. The third-order valence-electron chi connectivity index (χ3n) is 1.71. The molecule has 0 fully saturated rings. The maximum absolute atomic E-state index is 5.72. The number of nitrogens with zero attached hydrogens (tertiary/aromatic N) is 1. The van der Waals surface area contributed by atoms with Crippen molar-refractivity contribution in [2.45, 2.75) is 26.9 Å². The minimum Gasteiger partial charge on any atom is -0.391 e. The average Bonchev–Trinajstić information content (AvgIpc) is 2.15. The molecule has 14 heavy (non-hydrogen) atoms. The van der Waals surface area contributed by atoms with Crippen LogP contribution in [-0.2, 0) is 4.84 Å². The van der Waals surface area contributed by atoms with Crippen molar-refractivity contribution in [3.63, 3.8) is 0 Å². The molecular formula is C11H16N2O. The van der Waals surface area contributed by atoms with Crippen molar-refractivity contribution in [1.82, 2.24) is 0 Å². The second kappa shape index (κ2) is 4.65. The molecule has 0 radical (unpaired) electrons. The summed E-state index contributed by atoms with van der Waals surface area (Å²) in [4.78, 5) is 5.05. The fraction of sp³-hybridized carbons (Fsp3) is 0.364. The van der Waals surface area contributed by atoms with Crippen LogP contribution in [0.2, 0.25) is 0 Å².